The van der Waals surface area contributed by atoms with Gasteiger partial charge in [0.25, 0.3) is 5.91 Å². The lowest BCUT2D eigenvalue weighted by Gasteiger charge is -2.24. The summed E-state index contributed by atoms with van der Waals surface area (Å²) >= 11 is 12.3. The molecule has 0 spiro atoms. The zero-order chi connectivity index (χ0) is 28.1. The van der Waals surface area contributed by atoms with Crippen LogP contribution in [0.3, 0.4) is 0 Å². The minimum atomic E-state index is -0.380. The number of carbonyl (C=O) groups excluding carboxylic acids is 2. The van der Waals surface area contributed by atoms with Gasteiger partial charge in [-0.3, -0.25) is 19.5 Å². The first-order valence-electron chi connectivity index (χ1n) is 12.5. The summed E-state index contributed by atoms with van der Waals surface area (Å²) in [5.41, 5.74) is 3.79. The Balaban J connectivity index is 1.63. The molecule has 0 saturated heterocycles. The summed E-state index contributed by atoms with van der Waals surface area (Å²) in [6.45, 7) is 6.17. The third-order valence-corrected chi connectivity index (χ3v) is 6.57. The minimum Gasteiger partial charge on any atom is -0.497 e. The van der Waals surface area contributed by atoms with Crippen LogP contribution in [0.25, 0.3) is 16.9 Å². The van der Waals surface area contributed by atoms with Crippen molar-refractivity contribution in [2.24, 2.45) is 5.92 Å². The molecule has 9 heteroatoms. The van der Waals surface area contributed by atoms with Crippen LogP contribution in [0.5, 0.6) is 5.75 Å². The average Bonchev–Trinajstić information content (AvgIpc) is 3.31. The third kappa shape index (κ3) is 6.99. The Labute approximate surface area is 238 Å². The molecule has 0 fully saturated rings. The van der Waals surface area contributed by atoms with Gasteiger partial charge in [-0.05, 0) is 67.4 Å². The van der Waals surface area contributed by atoms with E-state index in [4.69, 9.17) is 32.9 Å². The van der Waals surface area contributed by atoms with Crippen molar-refractivity contribution in [1.82, 2.24) is 14.5 Å². The lowest BCUT2D eigenvalue weighted by Crippen LogP contribution is -2.40. The monoisotopic (exact) mass is 564 g/mol. The first-order valence-corrected chi connectivity index (χ1v) is 13.2. The molecule has 3 aromatic carbocycles. The molecule has 39 heavy (non-hydrogen) atoms. The van der Waals surface area contributed by atoms with Crippen molar-refractivity contribution in [3.63, 3.8) is 0 Å². The van der Waals surface area contributed by atoms with Gasteiger partial charge < -0.3 is 9.64 Å². The molecule has 0 aliphatic rings. The number of rotatable bonds is 9. The first-order chi connectivity index (χ1) is 18.6. The van der Waals surface area contributed by atoms with E-state index in [1.165, 1.54) is 11.0 Å². The highest BCUT2D eigenvalue weighted by Crippen LogP contribution is 2.27. The van der Waals surface area contributed by atoms with Crippen LogP contribution in [0.4, 0.5) is 5.95 Å². The highest BCUT2D eigenvalue weighted by molar-refractivity contribution is 6.36. The lowest BCUT2D eigenvalue weighted by molar-refractivity contribution is -0.117. The van der Waals surface area contributed by atoms with Crippen molar-refractivity contribution in [2.45, 2.75) is 20.8 Å². The maximum Gasteiger partial charge on any atom is 0.255 e. The molecule has 0 radical (unpaired) electrons. The molecule has 0 aliphatic heterocycles. The molecule has 0 atom stereocenters. The Kier molecular flexibility index (Phi) is 8.94. The van der Waals surface area contributed by atoms with Crippen molar-refractivity contribution >= 4 is 41.0 Å². The van der Waals surface area contributed by atoms with Crippen LogP contribution in [0.15, 0.2) is 72.9 Å². The number of hydrogen-bond donors (Lipinski definition) is 1. The van der Waals surface area contributed by atoms with Gasteiger partial charge in [0.15, 0.2) is 0 Å². The number of benzene rings is 3. The van der Waals surface area contributed by atoms with E-state index < -0.39 is 0 Å². The second kappa shape index (κ2) is 12.4. The number of nitrogens with zero attached hydrogens (tertiary/aromatic N) is 3. The minimum absolute atomic E-state index is 0.129. The summed E-state index contributed by atoms with van der Waals surface area (Å²) in [5.74, 6) is 0.483. The third-order valence-electron chi connectivity index (χ3n) is 6.02. The van der Waals surface area contributed by atoms with Gasteiger partial charge in [0, 0.05) is 29.0 Å². The zero-order valence-corrected chi connectivity index (χ0v) is 23.8. The molecule has 0 unspecified atom stereocenters. The van der Waals surface area contributed by atoms with E-state index in [9.17, 15) is 9.59 Å². The summed E-state index contributed by atoms with van der Waals surface area (Å²) in [4.78, 5) is 32.9. The predicted molar refractivity (Wildman–Crippen MR) is 156 cm³/mol. The molecule has 4 rings (SSSR count). The Bertz CT molecular complexity index is 1460. The second-order valence-electron chi connectivity index (χ2n) is 9.64. The number of amides is 2. The number of ether oxygens (including phenoxy) is 1. The lowest BCUT2D eigenvalue weighted by atomic mass is 10.1. The van der Waals surface area contributed by atoms with E-state index in [1.807, 2.05) is 80.1 Å². The van der Waals surface area contributed by atoms with E-state index in [2.05, 4.69) is 5.32 Å². The summed E-state index contributed by atoms with van der Waals surface area (Å²) in [7, 11) is 1.61. The van der Waals surface area contributed by atoms with Gasteiger partial charge >= 0.3 is 0 Å². The molecule has 1 aromatic heterocycles. The van der Waals surface area contributed by atoms with Crippen LogP contribution in [0, 0.1) is 12.8 Å². The summed E-state index contributed by atoms with van der Waals surface area (Å²) in [6.07, 6.45) is 1.87. The number of nitrogens with one attached hydrogen (secondary N) is 1. The highest BCUT2D eigenvalue weighted by atomic mass is 35.5. The quantitative estimate of drug-likeness (QED) is 0.240. The van der Waals surface area contributed by atoms with Crippen LogP contribution in [-0.4, -0.2) is 46.5 Å². The Morgan fingerprint density at radius 2 is 1.72 bits per heavy atom. The number of anilines is 1. The van der Waals surface area contributed by atoms with Crippen LogP contribution >= 0.6 is 23.2 Å². The summed E-state index contributed by atoms with van der Waals surface area (Å²) < 4.78 is 7.09. The largest absolute Gasteiger partial charge is 0.497 e. The maximum atomic E-state index is 13.3. The normalized spacial score (nSPS) is 10.9. The number of carbonyl (C=O) groups is 2. The number of imidazole rings is 1. The van der Waals surface area contributed by atoms with Gasteiger partial charge in [0.05, 0.1) is 23.4 Å². The number of hydrogen-bond acceptors (Lipinski definition) is 4. The molecular weight excluding hydrogens is 535 g/mol. The van der Waals surface area contributed by atoms with Gasteiger partial charge in [-0.25, -0.2) is 4.98 Å². The van der Waals surface area contributed by atoms with Crippen LogP contribution in [0.1, 0.15) is 29.8 Å². The Morgan fingerprint density at radius 3 is 2.33 bits per heavy atom. The van der Waals surface area contributed by atoms with Crippen LogP contribution < -0.4 is 10.1 Å². The molecule has 0 bridgehead atoms. The molecule has 7 nitrogen and oxygen atoms in total. The van der Waals surface area contributed by atoms with Crippen molar-refractivity contribution < 1.29 is 14.3 Å². The van der Waals surface area contributed by atoms with E-state index in [0.717, 1.165) is 22.6 Å². The number of aromatic nitrogens is 2. The van der Waals surface area contributed by atoms with E-state index in [-0.39, 0.29) is 34.9 Å². The van der Waals surface area contributed by atoms with Crippen LogP contribution in [0.2, 0.25) is 10.0 Å². The van der Waals surface area contributed by atoms with Crippen LogP contribution in [-0.2, 0) is 4.79 Å². The molecule has 1 heterocycles. The van der Waals surface area contributed by atoms with Crippen molar-refractivity contribution in [2.75, 3.05) is 25.5 Å². The fraction of sp³-hybridized carbons (Fsp3) is 0.233. The molecule has 4 aromatic rings. The topological polar surface area (TPSA) is 76.5 Å². The second-order valence-corrected chi connectivity index (χ2v) is 10.5. The molecule has 2 amide bonds. The Hall–Kier alpha value is -3.81. The van der Waals surface area contributed by atoms with E-state index in [0.29, 0.717) is 23.2 Å². The number of aryl methyl sites for hydroxylation is 1. The number of halogens is 2. The first kappa shape index (κ1) is 28.2. The van der Waals surface area contributed by atoms with Crippen molar-refractivity contribution in [1.29, 1.82) is 0 Å². The van der Waals surface area contributed by atoms with Gasteiger partial charge in [0.2, 0.25) is 11.9 Å². The maximum absolute atomic E-state index is 13.3. The zero-order valence-electron chi connectivity index (χ0n) is 22.2. The van der Waals surface area contributed by atoms with E-state index in [1.54, 1.807) is 19.2 Å². The predicted octanol–water partition coefficient (Wildman–Crippen LogP) is 6.90. The molecule has 0 saturated carbocycles. The average molecular weight is 566 g/mol. The fourth-order valence-corrected chi connectivity index (χ4v) is 4.59. The standard InChI is InChI=1S/C30H30Cl2N4O3/c1-19(2)16-35(29(38)25-14-9-22(31)15-26(25)32)18-28(37)34-30-33-27(21-7-12-24(39-4)13-8-21)17-36(30)23-10-5-20(3)6-11-23/h5-15,17,19H,16,18H2,1-4H3,(H,33,34,37). The summed E-state index contributed by atoms with van der Waals surface area (Å²) in [5, 5.41) is 3.58. The van der Waals surface area contributed by atoms with Gasteiger partial charge in [0.1, 0.15) is 12.3 Å². The van der Waals surface area contributed by atoms with Gasteiger partial charge in [-0.1, -0.05) is 54.7 Å². The van der Waals surface area contributed by atoms with Gasteiger partial charge in [-0.15, -0.1) is 0 Å². The van der Waals surface area contributed by atoms with E-state index >= 15 is 0 Å². The molecular formula is C30H30Cl2N4O3. The smallest absolute Gasteiger partial charge is 0.255 e. The highest BCUT2D eigenvalue weighted by Gasteiger charge is 2.23. The fourth-order valence-electron chi connectivity index (χ4n) is 4.10. The van der Waals surface area contributed by atoms with Gasteiger partial charge in [-0.2, -0.15) is 0 Å². The molecule has 0 aliphatic carbocycles. The molecule has 1 N–H and O–H groups in total. The van der Waals surface area contributed by atoms with Crippen molar-refractivity contribution in [3.05, 3.63) is 94.1 Å². The molecule has 202 valence electrons. The van der Waals surface area contributed by atoms with Crippen molar-refractivity contribution in [3.8, 4) is 22.7 Å². The Morgan fingerprint density at radius 1 is 1.03 bits per heavy atom. The number of methoxy groups -OCH3 is 1. The summed E-state index contributed by atoms with van der Waals surface area (Å²) in [6, 6.07) is 20.1. The SMILES string of the molecule is COc1ccc(-c2cn(-c3ccc(C)cc3)c(NC(=O)CN(CC(C)C)C(=O)c3ccc(Cl)cc3Cl)n2)cc1.